The Balaban J connectivity index is 1.56. The molecule has 6 heteroatoms. The Morgan fingerprint density at radius 3 is 2.82 bits per heavy atom. The zero-order chi connectivity index (χ0) is 19.9. The molecule has 2 N–H and O–H groups in total. The van der Waals surface area contributed by atoms with E-state index in [4.69, 9.17) is 9.47 Å². The number of hydrogen-bond acceptors (Lipinski definition) is 4. The molecule has 2 aromatic rings. The smallest absolute Gasteiger partial charge is 0.253 e. The summed E-state index contributed by atoms with van der Waals surface area (Å²) in [5.74, 6) is 0.472. The number of carbonyl (C=O) groups excluding carboxylic acids is 2. The minimum Gasteiger partial charge on any atom is -0.496 e. The van der Waals surface area contributed by atoms with E-state index in [2.05, 4.69) is 16.7 Å². The molecule has 1 heterocycles. The number of ether oxygens (including phenoxy) is 2. The zero-order valence-electron chi connectivity index (χ0n) is 16.3. The Morgan fingerprint density at radius 1 is 1.21 bits per heavy atom. The third-order valence-electron chi connectivity index (χ3n) is 4.73. The molecule has 1 saturated heterocycles. The summed E-state index contributed by atoms with van der Waals surface area (Å²) >= 11 is 0. The predicted molar refractivity (Wildman–Crippen MR) is 108 cm³/mol. The van der Waals surface area contributed by atoms with E-state index in [0.717, 1.165) is 29.7 Å². The topological polar surface area (TPSA) is 76.7 Å². The van der Waals surface area contributed by atoms with E-state index in [1.54, 1.807) is 31.4 Å². The van der Waals surface area contributed by atoms with E-state index in [1.807, 2.05) is 19.1 Å². The second kappa shape index (κ2) is 9.37. The first kappa shape index (κ1) is 19.9. The molecule has 2 amide bonds. The molecule has 0 spiro atoms. The van der Waals surface area contributed by atoms with Crippen molar-refractivity contribution < 1.29 is 19.1 Å². The zero-order valence-corrected chi connectivity index (χ0v) is 16.3. The van der Waals surface area contributed by atoms with Crippen molar-refractivity contribution in [3.8, 4) is 5.75 Å². The lowest BCUT2D eigenvalue weighted by atomic mass is 10.1. The van der Waals surface area contributed by atoms with Gasteiger partial charge in [-0.1, -0.05) is 23.8 Å². The van der Waals surface area contributed by atoms with Crippen molar-refractivity contribution in [2.24, 2.45) is 0 Å². The highest BCUT2D eigenvalue weighted by atomic mass is 16.5. The van der Waals surface area contributed by atoms with Crippen LogP contribution in [0.5, 0.6) is 5.75 Å². The fraction of sp³-hybridized carbons (Fsp3) is 0.364. The van der Waals surface area contributed by atoms with Crippen LogP contribution in [0.25, 0.3) is 0 Å². The monoisotopic (exact) mass is 382 g/mol. The van der Waals surface area contributed by atoms with Gasteiger partial charge in [0.15, 0.2) is 0 Å². The number of carbonyl (C=O) groups is 2. The largest absolute Gasteiger partial charge is 0.496 e. The summed E-state index contributed by atoms with van der Waals surface area (Å²) in [5.41, 5.74) is 3.30. The van der Waals surface area contributed by atoms with Crippen LogP contribution in [0.2, 0.25) is 0 Å². The molecular formula is C22H26N2O4. The molecule has 1 fully saturated rings. The summed E-state index contributed by atoms with van der Waals surface area (Å²) < 4.78 is 10.8. The van der Waals surface area contributed by atoms with Gasteiger partial charge in [-0.2, -0.15) is 0 Å². The van der Waals surface area contributed by atoms with Gasteiger partial charge in [0.2, 0.25) is 0 Å². The van der Waals surface area contributed by atoms with Crippen molar-refractivity contribution in [2.45, 2.75) is 32.3 Å². The predicted octanol–water partition coefficient (Wildman–Crippen LogP) is 3.09. The molecule has 28 heavy (non-hydrogen) atoms. The number of anilines is 1. The van der Waals surface area contributed by atoms with Crippen LogP contribution in [-0.4, -0.2) is 38.2 Å². The van der Waals surface area contributed by atoms with E-state index in [0.29, 0.717) is 30.8 Å². The molecule has 148 valence electrons. The van der Waals surface area contributed by atoms with E-state index in [1.165, 1.54) is 0 Å². The lowest BCUT2D eigenvalue weighted by Crippen LogP contribution is -2.28. The molecule has 1 aliphatic rings. The van der Waals surface area contributed by atoms with Gasteiger partial charge in [-0.3, -0.25) is 9.59 Å². The van der Waals surface area contributed by atoms with Gasteiger partial charge in [-0.05, 0) is 56.0 Å². The summed E-state index contributed by atoms with van der Waals surface area (Å²) in [6, 6.07) is 12.9. The lowest BCUT2D eigenvalue weighted by Gasteiger charge is -2.12. The molecule has 0 aliphatic carbocycles. The van der Waals surface area contributed by atoms with E-state index < -0.39 is 6.10 Å². The van der Waals surface area contributed by atoms with Crippen molar-refractivity contribution in [3.05, 3.63) is 59.2 Å². The van der Waals surface area contributed by atoms with Gasteiger partial charge in [0.05, 0.1) is 7.11 Å². The Hall–Kier alpha value is -2.86. The SMILES string of the molecule is COc1ccc(C)cc1CCNC(=O)c1cccc(NC(=O)C2CCCO2)c1. The molecule has 0 bridgehead atoms. The van der Waals surface area contributed by atoms with E-state index in [9.17, 15) is 9.59 Å². The molecule has 6 nitrogen and oxygen atoms in total. The maximum Gasteiger partial charge on any atom is 0.253 e. The van der Waals surface area contributed by atoms with Crippen LogP contribution < -0.4 is 15.4 Å². The van der Waals surface area contributed by atoms with Crippen LogP contribution in [0.1, 0.15) is 34.3 Å². The Labute approximate surface area is 165 Å². The molecule has 1 unspecified atom stereocenters. The van der Waals surface area contributed by atoms with Gasteiger partial charge < -0.3 is 20.1 Å². The number of amides is 2. The molecular weight excluding hydrogens is 356 g/mol. The number of aryl methyl sites for hydroxylation is 1. The van der Waals surface area contributed by atoms with Crippen LogP contribution >= 0.6 is 0 Å². The second-order valence-corrected chi connectivity index (χ2v) is 6.89. The maximum absolute atomic E-state index is 12.5. The summed E-state index contributed by atoms with van der Waals surface area (Å²) in [5, 5.41) is 5.74. The van der Waals surface area contributed by atoms with Crippen molar-refractivity contribution >= 4 is 17.5 Å². The molecule has 1 atom stereocenters. The molecule has 0 saturated carbocycles. The fourth-order valence-corrected chi connectivity index (χ4v) is 3.26. The van der Waals surface area contributed by atoms with Gasteiger partial charge >= 0.3 is 0 Å². The normalized spacial score (nSPS) is 15.9. The summed E-state index contributed by atoms with van der Waals surface area (Å²) in [4.78, 5) is 24.6. The molecule has 2 aromatic carbocycles. The molecule has 0 radical (unpaired) electrons. The Bertz CT molecular complexity index is 844. The molecule has 1 aliphatic heterocycles. The van der Waals surface area contributed by atoms with E-state index >= 15 is 0 Å². The van der Waals surface area contributed by atoms with Crippen molar-refractivity contribution in [1.29, 1.82) is 0 Å². The Morgan fingerprint density at radius 2 is 2.07 bits per heavy atom. The Kier molecular flexibility index (Phi) is 6.66. The minimum atomic E-state index is -0.401. The average Bonchev–Trinajstić information content (AvgIpc) is 3.23. The van der Waals surface area contributed by atoms with Gasteiger partial charge in [-0.25, -0.2) is 0 Å². The summed E-state index contributed by atoms with van der Waals surface area (Å²) in [6.07, 6.45) is 1.90. The quantitative estimate of drug-likeness (QED) is 0.772. The van der Waals surface area contributed by atoms with Crippen LogP contribution in [0.4, 0.5) is 5.69 Å². The summed E-state index contributed by atoms with van der Waals surface area (Å²) in [7, 11) is 1.64. The van der Waals surface area contributed by atoms with Gasteiger partial charge in [0.1, 0.15) is 11.9 Å². The number of rotatable bonds is 7. The first-order valence-electron chi connectivity index (χ1n) is 9.51. The molecule has 3 rings (SSSR count). The third-order valence-corrected chi connectivity index (χ3v) is 4.73. The summed E-state index contributed by atoms with van der Waals surface area (Å²) in [6.45, 7) is 3.13. The highest BCUT2D eigenvalue weighted by molar-refractivity contribution is 5.98. The fourth-order valence-electron chi connectivity index (χ4n) is 3.26. The highest BCUT2D eigenvalue weighted by Gasteiger charge is 2.23. The number of methoxy groups -OCH3 is 1. The van der Waals surface area contributed by atoms with Crippen LogP contribution in [0.15, 0.2) is 42.5 Å². The van der Waals surface area contributed by atoms with Crippen molar-refractivity contribution in [3.63, 3.8) is 0 Å². The first-order chi connectivity index (χ1) is 13.6. The number of benzene rings is 2. The van der Waals surface area contributed by atoms with Gasteiger partial charge in [0.25, 0.3) is 11.8 Å². The average molecular weight is 382 g/mol. The minimum absolute atomic E-state index is 0.165. The van der Waals surface area contributed by atoms with Crippen LogP contribution in [0.3, 0.4) is 0 Å². The van der Waals surface area contributed by atoms with Crippen molar-refractivity contribution in [1.82, 2.24) is 5.32 Å². The lowest BCUT2D eigenvalue weighted by molar-refractivity contribution is -0.124. The van der Waals surface area contributed by atoms with Gasteiger partial charge in [-0.15, -0.1) is 0 Å². The highest BCUT2D eigenvalue weighted by Crippen LogP contribution is 2.20. The van der Waals surface area contributed by atoms with Gasteiger partial charge in [0, 0.05) is 24.4 Å². The van der Waals surface area contributed by atoms with E-state index in [-0.39, 0.29) is 11.8 Å². The second-order valence-electron chi connectivity index (χ2n) is 6.89. The molecule has 0 aromatic heterocycles. The van der Waals surface area contributed by atoms with Crippen molar-refractivity contribution in [2.75, 3.05) is 25.6 Å². The first-order valence-corrected chi connectivity index (χ1v) is 9.51. The number of nitrogens with one attached hydrogen (secondary N) is 2. The third kappa shape index (κ3) is 5.10. The maximum atomic E-state index is 12.5. The van der Waals surface area contributed by atoms with Crippen LogP contribution in [0, 0.1) is 6.92 Å². The van der Waals surface area contributed by atoms with Crippen LogP contribution in [-0.2, 0) is 16.0 Å². The number of hydrogen-bond donors (Lipinski definition) is 2. The standard InChI is InChI=1S/C22H26N2O4/c1-15-8-9-19(27-2)16(13-15)10-11-23-21(25)17-5-3-6-18(14-17)24-22(26)20-7-4-12-28-20/h3,5-6,8-9,13-14,20H,4,7,10-12H2,1-2H3,(H,23,25)(H,24,26).